The van der Waals surface area contributed by atoms with Gasteiger partial charge in [0.2, 0.25) is 0 Å². The fourth-order valence-corrected chi connectivity index (χ4v) is 1.66. The molecule has 0 aliphatic rings. The topological polar surface area (TPSA) is 44.5 Å². The maximum absolute atomic E-state index is 5.59. The molecule has 0 amide bonds. The fraction of sp³-hybridized carbons (Fsp3) is 0.526. The molecule has 0 unspecified atom stereocenters. The van der Waals surface area contributed by atoms with Crippen molar-refractivity contribution < 1.29 is 14.0 Å². The third-order valence-corrected chi connectivity index (χ3v) is 2.69. The van der Waals surface area contributed by atoms with Gasteiger partial charge in [0.1, 0.15) is 12.0 Å². The van der Waals surface area contributed by atoms with E-state index < -0.39 is 0 Å². The summed E-state index contributed by atoms with van der Waals surface area (Å²) in [5, 5.41) is 3.82. The molecule has 0 fully saturated rings. The average molecular weight is 321 g/mol. The van der Waals surface area contributed by atoms with Crippen molar-refractivity contribution in [2.45, 2.75) is 47.0 Å². The first kappa shape index (κ1) is 21.2. The van der Waals surface area contributed by atoms with Gasteiger partial charge in [0.25, 0.3) is 0 Å². The van der Waals surface area contributed by atoms with Crippen molar-refractivity contribution in [1.29, 1.82) is 0 Å². The highest BCUT2D eigenvalue weighted by molar-refractivity contribution is 5.20. The number of nitrogens with zero attached hydrogens (tertiary/aromatic N) is 1. The standard InChI is InChI=1S/C15H19NO3.2C2H6/c1-2-6-15(7-3-1)18-11-5-4-10-17-12-8-14-9-13-19-16-14;2*1-2/h1-3,6-7,9,13H,4-5,8,10-12H2;2*1-2H3. The number of hydrogen-bond acceptors (Lipinski definition) is 4. The smallest absolute Gasteiger partial charge is 0.124 e. The van der Waals surface area contributed by atoms with Crippen LogP contribution in [0.15, 0.2) is 47.2 Å². The van der Waals surface area contributed by atoms with Crippen molar-refractivity contribution in [3.63, 3.8) is 0 Å². The van der Waals surface area contributed by atoms with E-state index >= 15 is 0 Å². The third-order valence-electron chi connectivity index (χ3n) is 2.69. The van der Waals surface area contributed by atoms with Gasteiger partial charge >= 0.3 is 0 Å². The summed E-state index contributed by atoms with van der Waals surface area (Å²) < 4.78 is 15.9. The molecule has 1 aromatic carbocycles. The van der Waals surface area contributed by atoms with Crippen molar-refractivity contribution >= 4 is 0 Å². The van der Waals surface area contributed by atoms with Crippen molar-refractivity contribution in [3.8, 4) is 5.75 Å². The van der Waals surface area contributed by atoms with E-state index in [0.29, 0.717) is 6.61 Å². The first-order valence-electron chi connectivity index (χ1n) is 8.60. The van der Waals surface area contributed by atoms with Crippen molar-refractivity contribution in [1.82, 2.24) is 5.16 Å². The second kappa shape index (κ2) is 16.6. The number of ether oxygens (including phenoxy) is 2. The Balaban J connectivity index is 0.00000112. The Morgan fingerprint density at radius 1 is 0.870 bits per heavy atom. The molecule has 0 spiro atoms. The molecule has 4 nitrogen and oxygen atoms in total. The number of rotatable bonds is 9. The largest absolute Gasteiger partial charge is 0.494 e. The summed E-state index contributed by atoms with van der Waals surface area (Å²) in [6, 6.07) is 11.7. The van der Waals surface area contributed by atoms with Gasteiger partial charge in [-0.3, -0.25) is 0 Å². The van der Waals surface area contributed by atoms with Gasteiger partial charge in [-0.25, -0.2) is 0 Å². The summed E-state index contributed by atoms with van der Waals surface area (Å²) in [7, 11) is 0. The molecule has 2 aromatic rings. The lowest BCUT2D eigenvalue weighted by molar-refractivity contribution is 0.128. The highest BCUT2D eigenvalue weighted by atomic mass is 16.5. The number of unbranched alkanes of at least 4 members (excludes halogenated alkanes) is 1. The van der Waals surface area contributed by atoms with Crippen LogP contribution in [0.25, 0.3) is 0 Å². The summed E-state index contributed by atoms with van der Waals surface area (Å²) in [6.45, 7) is 10.2. The van der Waals surface area contributed by atoms with Crippen LogP contribution < -0.4 is 4.74 Å². The van der Waals surface area contributed by atoms with Crippen LogP contribution in [0.4, 0.5) is 0 Å². The van der Waals surface area contributed by atoms with Crippen LogP contribution in [0.2, 0.25) is 0 Å². The molecular formula is C19H31NO3. The van der Waals surface area contributed by atoms with E-state index in [0.717, 1.165) is 43.9 Å². The molecule has 23 heavy (non-hydrogen) atoms. The van der Waals surface area contributed by atoms with E-state index in [-0.39, 0.29) is 0 Å². The lowest BCUT2D eigenvalue weighted by atomic mass is 10.3. The Kier molecular flexibility index (Phi) is 15.3. The molecule has 0 aliphatic carbocycles. The highest BCUT2D eigenvalue weighted by Crippen LogP contribution is 2.08. The molecule has 1 aromatic heterocycles. The van der Waals surface area contributed by atoms with E-state index in [4.69, 9.17) is 14.0 Å². The van der Waals surface area contributed by atoms with Gasteiger partial charge in [0.15, 0.2) is 0 Å². The summed E-state index contributed by atoms with van der Waals surface area (Å²) in [5.74, 6) is 0.925. The van der Waals surface area contributed by atoms with Gasteiger partial charge in [-0.1, -0.05) is 51.1 Å². The second-order valence-electron chi connectivity index (χ2n) is 4.22. The van der Waals surface area contributed by atoms with E-state index in [1.807, 2.05) is 64.1 Å². The summed E-state index contributed by atoms with van der Waals surface area (Å²) in [6.07, 6.45) is 4.39. The lowest BCUT2D eigenvalue weighted by Crippen LogP contribution is -2.03. The normalized spacial score (nSPS) is 9.22. The molecule has 130 valence electrons. The number of hydrogen-bond donors (Lipinski definition) is 0. The van der Waals surface area contributed by atoms with Crippen LogP contribution in [0.1, 0.15) is 46.2 Å². The zero-order valence-electron chi connectivity index (χ0n) is 15.0. The number of benzene rings is 1. The average Bonchev–Trinajstić information content (AvgIpc) is 3.15. The predicted molar refractivity (Wildman–Crippen MR) is 94.9 cm³/mol. The van der Waals surface area contributed by atoms with Crippen molar-refractivity contribution in [2.75, 3.05) is 19.8 Å². The van der Waals surface area contributed by atoms with Gasteiger partial charge in [-0.05, 0) is 25.0 Å². The summed E-state index contributed by atoms with van der Waals surface area (Å²) >= 11 is 0. The van der Waals surface area contributed by atoms with Gasteiger partial charge in [0.05, 0.1) is 18.9 Å². The zero-order valence-corrected chi connectivity index (χ0v) is 15.0. The molecule has 0 saturated carbocycles. The Bertz CT molecular complexity index is 429. The minimum absolute atomic E-state index is 0.687. The van der Waals surface area contributed by atoms with Crippen molar-refractivity contribution in [3.05, 3.63) is 48.4 Å². The van der Waals surface area contributed by atoms with Crippen LogP contribution in [0, 0.1) is 0 Å². The maximum atomic E-state index is 5.59. The number of aromatic nitrogens is 1. The maximum Gasteiger partial charge on any atom is 0.124 e. The molecule has 0 N–H and O–H groups in total. The van der Waals surface area contributed by atoms with Gasteiger partial charge in [-0.15, -0.1) is 0 Å². The predicted octanol–water partition coefficient (Wildman–Crippen LogP) is 5.15. The fourth-order valence-electron chi connectivity index (χ4n) is 1.66. The third kappa shape index (κ3) is 11.4. The first-order chi connectivity index (χ1) is 11.4. The monoisotopic (exact) mass is 321 g/mol. The van der Waals surface area contributed by atoms with Crippen LogP contribution in [-0.4, -0.2) is 25.0 Å². The van der Waals surface area contributed by atoms with E-state index in [9.17, 15) is 0 Å². The molecule has 0 aliphatic heterocycles. The molecule has 0 saturated heterocycles. The summed E-state index contributed by atoms with van der Waals surface area (Å²) in [5.41, 5.74) is 0.937. The Labute approximate surface area is 140 Å². The zero-order chi connectivity index (χ0) is 17.2. The van der Waals surface area contributed by atoms with Crippen LogP contribution in [0.5, 0.6) is 5.75 Å². The Hall–Kier alpha value is -1.81. The second-order valence-corrected chi connectivity index (χ2v) is 4.22. The summed E-state index contributed by atoms with van der Waals surface area (Å²) in [4.78, 5) is 0. The first-order valence-corrected chi connectivity index (χ1v) is 8.60. The quantitative estimate of drug-likeness (QED) is 0.599. The molecule has 0 radical (unpaired) electrons. The molecule has 0 atom stereocenters. The molecular weight excluding hydrogens is 290 g/mol. The molecule has 2 rings (SSSR count). The molecule has 4 heteroatoms. The molecule has 0 bridgehead atoms. The van der Waals surface area contributed by atoms with Gasteiger partial charge < -0.3 is 14.0 Å². The Morgan fingerprint density at radius 3 is 2.22 bits per heavy atom. The Morgan fingerprint density at radius 2 is 1.57 bits per heavy atom. The van der Waals surface area contributed by atoms with E-state index in [2.05, 4.69) is 5.16 Å². The van der Waals surface area contributed by atoms with E-state index in [1.165, 1.54) is 0 Å². The van der Waals surface area contributed by atoms with Crippen molar-refractivity contribution in [2.24, 2.45) is 0 Å². The van der Waals surface area contributed by atoms with Crippen LogP contribution in [-0.2, 0) is 11.2 Å². The SMILES string of the molecule is CC.CC.c1ccc(OCCCCOCCc2ccon2)cc1. The minimum Gasteiger partial charge on any atom is -0.494 e. The highest BCUT2D eigenvalue weighted by Gasteiger charge is 1.97. The van der Waals surface area contributed by atoms with Crippen LogP contribution >= 0.6 is 0 Å². The lowest BCUT2D eigenvalue weighted by Gasteiger charge is -2.06. The van der Waals surface area contributed by atoms with Gasteiger partial charge in [-0.2, -0.15) is 0 Å². The van der Waals surface area contributed by atoms with E-state index in [1.54, 1.807) is 6.26 Å². The molecule has 1 heterocycles. The van der Waals surface area contributed by atoms with Gasteiger partial charge in [0, 0.05) is 19.1 Å². The van der Waals surface area contributed by atoms with Crippen LogP contribution in [0.3, 0.4) is 0 Å². The number of para-hydroxylation sites is 1. The minimum atomic E-state index is 0.687.